The van der Waals surface area contributed by atoms with Crippen LogP contribution in [0.2, 0.25) is 0 Å². The van der Waals surface area contributed by atoms with Crippen molar-refractivity contribution >= 4 is 11.8 Å². The van der Waals surface area contributed by atoms with Crippen LogP contribution in [0.4, 0.5) is 5.82 Å². The number of nitrogens with one attached hydrogen (secondary N) is 1. The zero-order chi connectivity index (χ0) is 17.5. The lowest BCUT2D eigenvalue weighted by atomic mass is 9.96. The standard InChI is InChI=1S/C19H24N2O3/c1-5-24-19(22)15-8-11-17(20-12-15)21-18(13(2)3)14-6-9-16(23-4)10-7-14/h6-13,18H,5H2,1-4H3,(H,20,21). The molecule has 5 heteroatoms. The number of pyridine rings is 1. The van der Waals surface area contributed by atoms with Crippen LogP contribution in [0.3, 0.4) is 0 Å². The Morgan fingerprint density at radius 1 is 1.17 bits per heavy atom. The molecule has 0 saturated carbocycles. The predicted molar refractivity (Wildman–Crippen MR) is 94.4 cm³/mol. The summed E-state index contributed by atoms with van der Waals surface area (Å²) in [5, 5.41) is 3.43. The topological polar surface area (TPSA) is 60.5 Å². The van der Waals surface area contributed by atoms with Crippen LogP contribution in [0.1, 0.15) is 42.7 Å². The van der Waals surface area contributed by atoms with Crippen LogP contribution in [-0.4, -0.2) is 24.7 Å². The molecule has 0 saturated heterocycles. The molecule has 0 fully saturated rings. The van der Waals surface area contributed by atoms with E-state index in [2.05, 4.69) is 24.1 Å². The molecule has 0 aliphatic heterocycles. The Labute approximate surface area is 143 Å². The minimum Gasteiger partial charge on any atom is -0.497 e. The first-order valence-corrected chi connectivity index (χ1v) is 8.08. The molecule has 1 N–H and O–H groups in total. The molecule has 5 nitrogen and oxygen atoms in total. The number of ether oxygens (including phenoxy) is 2. The molecule has 0 radical (unpaired) electrons. The van der Waals surface area contributed by atoms with Crippen LogP contribution in [0.5, 0.6) is 5.75 Å². The summed E-state index contributed by atoms with van der Waals surface area (Å²) in [5.41, 5.74) is 1.61. The highest BCUT2D eigenvalue weighted by Gasteiger charge is 2.16. The molecule has 0 amide bonds. The van der Waals surface area contributed by atoms with E-state index in [1.807, 2.05) is 24.3 Å². The van der Waals surface area contributed by atoms with Crippen LogP contribution < -0.4 is 10.1 Å². The lowest BCUT2D eigenvalue weighted by molar-refractivity contribution is 0.0526. The van der Waals surface area contributed by atoms with Gasteiger partial charge in [-0.25, -0.2) is 9.78 Å². The lowest BCUT2D eigenvalue weighted by Crippen LogP contribution is -2.17. The molecular formula is C19H24N2O3. The van der Waals surface area contributed by atoms with E-state index in [1.54, 1.807) is 26.2 Å². The SMILES string of the molecule is CCOC(=O)c1ccc(NC(c2ccc(OC)cc2)C(C)C)nc1. The summed E-state index contributed by atoms with van der Waals surface area (Å²) in [4.78, 5) is 16.0. The van der Waals surface area contributed by atoms with E-state index in [0.29, 0.717) is 18.1 Å². The number of hydrogen-bond acceptors (Lipinski definition) is 5. The maximum atomic E-state index is 11.7. The molecule has 2 aromatic rings. The van der Waals surface area contributed by atoms with Crippen molar-refractivity contribution in [1.82, 2.24) is 4.98 Å². The molecule has 128 valence electrons. The van der Waals surface area contributed by atoms with Crippen molar-refractivity contribution in [2.24, 2.45) is 5.92 Å². The van der Waals surface area contributed by atoms with Gasteiger partial charge in [-0.1, -0.05) is 26.0 Å². The summed E-state index contributed by atoms with van der Waals surface area (Å²) in [5.74, 6) is 1.56. The summed E-state index contributed by atoms with van der Waals surface area (Å²) in [6.07, 6.45) is 1.53. The lowest BCUT2D eigenvalue weighted by Gasteiger charge is -2.23. The smallest absolute Gasteiger partial charge is 0.339 e. The number of benzene rings is 1. The van der Waals surface area contributed by atoms with Crippen molar-refractivity contribution in [2.75, 3.05) is 19.0 Å². The van der Waals surface area contributed by atoms with Gasteiger partial charge in [-0.3, -0.25) is 0 Å². The van der Waals surface area contributed by atoms with E-state index < -0.39 is 0 Å². The third-order valence-electron chi connectivity index (χ3n) is 3.72. The first kappa shape index (κ1) is 17.8. The fraction of sp³-hybridized carbons (Fsp3) is 0.368. The summed E-state index contributed by atoms with van der Waals surface area (Å²) in [7, 11) is 1.65. The molecule has 24 heavy (non-hydrogen) atoms. The van der Waals surface area contributed by atoms with Crippen molar-refractivity contribution in [3.05, 3.63) is 53.7 Å². The number of methoxy groups -OCH3 is 1. The largest absolute Gasteiger partial charge is 0.497 e. The highest BCUT2D eigenvalue weighted by Crippen LogP contribution is 2.27. The fourth-order valence-corrected chi connectivity index (χ4v) is 2.42. The molecule has 0 spiro atoms. The van der Waals surface area contributed by atoms with Gasteiger partial charge in [-0.15, -0.1) is 0 Å². The first-order chi connectivity index (χ1) is 11.5. The van der Waals surface area contributed by atoms with E-state index in [-0.39, 0.29) is 12.0 Å². The van der Waals surface area contributed by atoms with Crippen LogP contribution >= 0.6 is 0 Å². The number of nitrogens with zero attached hydrogens (tertiary/aromatic N) is 1. The van der Waals surface area contributed by atoms with E-state index in [1.165, 1.54) is 6.20 Å². The Hall–Kier alpha value is -2.56. The van der Waals surface area contributed by atoms with Crippen molar-refractivity contribution in [1.29, 1.82) is 0 Å². The number of aromatic nitrogens is 1. The van der Waals surface area contributed by atoms with Crippen molar-refractivity contribution in [2.45, 2.75) is 26.8 Å². The van der Waals surface area contributed by atoms with Gasteiger partial charge >= 0.3 is 5.97 Å². The Morgan fingerprint density at radius 2 is 1.88 bits per heavy atom. The van der Waals surface area contributed by atoms with Crippen LogP contribution in [-0.2, 0) is 4.74 Å². The molecular weight excluding hydrogens is 304 g/mol. The van der Waals surface area contributed by atoms with Gasteiger partial charge in [0.1, 0.15) is 11.6 Å². The summed E-state index contributed by atoms with van der Waals surface area (Å²) >= 11 is 0. The second kappa shape index (κ2) is 8.34. The summed E-state index contributed by atoms with van der Waals surface area (Å²) in [6.45, 7) is 6.43. The van der Waals surface area contributed by atoms with Crippen LogP contribution in [0, 0.1) is 5.92 Å². The Bertz CT molecular complexity index is 651. The Morgan fingerprint density at radius 3 is 2.38 bits per heavy atom. The Kier molecular flexibility index (Phi) is 6.18. The molecule has 1 unspecified atom stereocenters. The average molecular weight is 328 g/mol. The van der Waals surface area contributed by atoms with Gasteiger partial charge in [-0.05, 0) is 42.7 Å². The van der Waals surface area contributed by atoms with Gasteiger partial charge < -0.3 is 14.8 Å². The third kappa shape index (κ3) is 4.47. The minimum atomic E-state index is -0.355. The van der Waals surface area contributed by atoms with Crippen molar-refractivity contribution in [3.63, 3.8) is 0 Å². The van der Waals surface area contributed by atoms with Gasteiger partial charge in [0, 0.05) is 6.20 Å². The monoisotopic (exact) mass is 328 g/mol. The normalized spacial score (nSPS) is 11.9. The molecule has 1 heterocycles. The highest BCUT2D eigenvalue weighted by atomic mass is 16.5. The molecule has 2 rings (SSSR count). The maximum absolute atomic E-state index is 11.7. The first-order valence-electron chi connectivity index (χ1n) is 8.08. The van der Waals surface area contributed by atoms with Gasteiger partial charge in [-0.2, -0.15) is 0 Å². The summed E-state index contributed by atoms with van der Waals surface area (Å²) < 4.78 is 10.2. The van der Waals surface area contributed by atoms with Gasteiger partial charge in [0.25, 0.3) is 0 Å². The molecule has 1 atom stereocenters. The second-order valence-corrected chi connectivity index (χ2v) is 5.79. The molecule has 0 aliphatic carbocycles. The van der Waals surface area contributed by atoms with E-state index >= 15 is 0 Å². The van der Waals surface area contributed by atoms with E-state index in [0.717, 1.165) is 17.1 Å². The number of esters is 1. The van der Waals surface area contributed by atoms with Crippen molar-refractivity contribution in [3.8, 4) is 5.75 Å². The van der Waals surface area contributed by atoms with Gasteiger partial charge in [0.15, 0.2) is 0 Å². The summed E-state index contributed by atoms with van der Waals surface area (Å²) in [6, 6.07) is 11.6. The maximum Gasteiger partial charge on any atom is 0.339 e. The molecule has 0 aliphatic rings. The van der Waals surface area contributed by atoms with Crippen LogP contribution in [0.15, 0.2) is 42.6 Å². The van der Waals surface area contributed by atoms with Crippen LogP contribution in [0.25, 0.3) is 0 Å². The zero-order valence-corrected chi connectivity index (χ0v) is 14.6. The second-order valence-electron chi connectivity index (χ2n) is 5.79. The Balaban J connectivity index is 2.14. The fourth-order valence-electron chi connectivity index (χ4n) is 2.42. The number of carbonyl (C=O) groups is 1. The predicted octanol–water partition coefficient (Wildman–Crippen LogP) is 4.08. The van der Waals surface area contributed by atoms with E-state index in [9.17, 15) is 4.79 Å². The quantitative estimate of drug-likeness (QED) is 0.776. The highest BCUT2D eigenvalue weighted by molar-refractivity contribution is 5.89. The van der Waals surface area contributed by atoms with Gasteiger partial charge in [0.05, 0.1) is 25.3 Å². The minimum absolute atomic E-state index is 0.108. The number of carbonyl (C=O) groups excluding carboxylic acids is 1. The molecule has 1 aromatic heterocycles. The molecule has 1 aromatic carbocycles. The number of anilines is 1. The van der Waals surface area contributed by atoms with Crippen molar-refractivity contribution < 1.29 is 14.3 Å². The third-order valence-corrected chi connectivity index (χ3v) is 3.72. The average Bonchev–Trinajstić information content (AvgIpc) is 2.60. The molecule has 0 bridgehead atoms. The van der Waals surface area contributed by atoms with Gasteiger partial charge in [0.2, 0.25) is 0 Å². The number of hydrogen-bond donors (Lipinski definition) is 1. The number of rotatable bonds is 7. The zero-order valence-electron chi connectivity index (χ0n) is 14.6. The van der Waals surface area contributed by atoms with E-state index in [4.69, 9.17) is 9.47 Å².